The Bertz CT molecular complexity index is 244. The Labute approximate surface area is 71.4 Å². The van der Waals surface area contributed by atoms with Gasteiger partial charge in [0.2, 0.25) is 0 Å². The van der Waals surface area contributed by atoms with Crippen LogP contribution in [0, 0.1) is 0 Å². The number of ketones is 1. The van der Waals surface area contributed by atoms with Gasteiger partial charge in [0.05, 0.1) is 0 Å². The van der Waals surface area contributed by atoms with Gasteiger partial charge >= 0.3 is 5.97 Å². The van der Waals surface area contributed by atoms with Crippen LogP contribution in [0.2, 0.25) is 0 Å². The van der Waals surface area contributed by atoms with Crippen LogP contribution in [0.5, 0.6) is 0 Å². The molecule has 3 heteroatoms. The number of Topliss-reactive ketones (excluding diaryl/α,β-unsaturated/α-hetero) is 1. The van der Waals surface area contributed by atoms with Crippen LogP contribution in [-0.4, -0.2) is 17.4 Å². The first-order chi connectivity index (χ1) is 5.43. The third-order valence-corrected chi connectivity index (χ3v) is 1.83. The SMILES string of the molecule is C=C(C)C(=O)OC1(C)CC(=O)C1. The van der Waals surface area contributed by atoms with E-state index in [-0.39, 0.29) is 5.78 Å². The summed E-state index contributed by atoms with van der Waals surface area (Å²) in [6.07, 6.45) is 0.679. The van der Waals surface area contributed by atoms with Gasteiger partial charge in [0.15, 0.2) is 0 Å². The lowest BCUT2D eigenvalue weighted by Gasteiger charge is -2.35. The zero-order valence-corrected chi connectivity index (χ0v) is 7.35. The maximum atomic E-state index is 11.0. The zero-order valence-electron chi connectivity index (χ0n) is 7.35. The molecule has 0 bridgehead atoms. The number of carbonyl (C=O) groups is 2. The van der Waals surface area contributed by atoms with Gasteiger partial charge in [-0.1, -0.05) is 6.58 Å². The Morgan fingerprint density at radius 1 is 1.58 bits per heavy atom. The van der Waals surface area contributed by atoms with Gasteiger partial charge < -0.3 is 4.74 Å². The number of hydrogen-bond donors (Lipinski definition) is 0. The smallest absolute Gasteiger partial charge is 0.333 e. The summed E-state index contributed by atoms with van der Waals surface area (Å²) in [5.74, 6) is -0.267. The maximum absolute atomic E-state index is 11.0. The fraction of sp³-hybridized carbons (Fsp3) is 0.556. The molecule has 0 radical (unpaired) electrons. The van der Waals surface area contributed by atoms with Gasteiger partial charge in [-0.2, -0.15) is 0 Å². The highest BCUT2D eigenvalue weighted by atomic mass is 16.6. The van der Waals surface area contributed by atoms with Crippen molar-refractivity contribution < 1.29 is 14.3 Å². The molecule has 12 heavy (non-hydrogen) atoms. The van der Waals surface area contributed by atoms with Crippen molar-refractivity contribution in [3.63, 3.8) is 0 Å². The molecule has 1 saturated carbocycles. The molecule has 0 N–H and O–H groups in total. The van der Waals surface area contributed by atoms with Crippen LogP contribution in [0.25, 0.3) is 0 Å². The molecule has 1 aliphatic rings. The summed E-state index contributed by atoms with van der Waals surface area (Å²) in [6.45, 7) is 6.81. The second-order valence-corrected chi connectivity index (χ2v) is 3.51. The molecule has 0 aromatic carbocycles. The Morgan fingerprint density at radius 2 is 2.08 bits per heavy atom. The largest absolute Gasteiger partial charge is 0.455 e. The van der Waals surface area contributed by atoms with Crippen molar-refractivity contribution in [1.29, 1.82) is 0 Å². The van der Waals surface area contributed by atoms with Gasteiger partial charge in [0.1, 0.15) is 11.4 Å². The second kappa shape index (κ2) is 2.73. The molecule has 1 aliphatic carbocycles. The van der Waals surface area contributed by atoms with Crippen LogP contribution < -0.4 is 0 Å². The van der Waals surface area contributed by atoms with Gasteiger partial charge in [-0.25, -0.2) is 4.79 Å². The van der Waals surface area contributed by atoms with Crippen molar-refractivity contribution in [1.82, 2.24) is 0 Å². The van der Waals surface area contributed by atoms with E-state index in [2.05, 4.69) is 6.58 Å². The van der Waals surface area contributed by atoms with E-state index in [1.165, 1.54) is 0 Å². The average Bonchev–Trinajstić information content (AvgIpc) is 1.83. The van der Waals surface area contributed by atoms with E-state index in [9.17, 15) is 9.59 Å². The van der Waals surface area contributed by atoms with Crippen molar-refractivity contribution >= 4 is 11.8 Å². The van der Waals surface area contributed by atoms with Gasteiger partial charge in [0.25, 0.3) is 0 Å². The monoisotopic (exact) mass is 168 g/mol. The number of hydrogen-bond acceptors (Lipinski definition) is 3. The Balaban J connectivity index is 2.47. The lowest BCUT2D eigenvalue weighted by Crippen LogP contribution is -2.45. The molecule has 1 rings (SSSR count). The van der Waals surface area contributed by atoms with E-state index in [1.807, 2.05) is 0 Å². The lowest BCUT2D eigenvalue weighted by molar-refractivity contribution is -0.166. The lowest BCUT2D eigenvalue weighted by atomic mass is 9.80. The predicted molar refractivity (Wildman–Crippen MR) is 43.6 cm³/mol. The first-order valence-corrected chi connectivity index (χ1v) is 3.83. The first-order valence-electron chi connectivity index (χ1n) is 3.83. The minimum atomic E-state index is -0.562. The number of carbonyl (C=O) groups excluding carboxylic acids is 2. The highest BCUT2D eigenvalue weighted by Gasteiger charge is 2.42. The average molecular weight is 168 g/mol. The summed E-state index contributed by atoms with van der Waals surface area (Å²) in [5.41, 5.74) is -0.191. The Hall–Kier alpha value is -1.12. The Kier molecular flexibility index (Phi) is 2.04. The highest BCUT2D eigenvalue weighted by Crippen LogP contribution is 2.32. The van der Waals surface area contributed by atoms with Crippen LogP contribution >= 0.6 is 0 Å². The first kappa shape index (κ1) is 8.97. The number of rotatable bonds is 2. The molecule has 1 fully saturated rings. The fourth-order valence-electron chi connectivity index (χ4n) is 1.17. The summed E-state index contributed by atoms with van der Waals surface area (Å²) in [4.78, 5) is 21.7. The molecule has 0 atom stereocenters. The molecule has 0 aromatic rings. The predicted octanol–water partition coefficient (Wildman–Crippen LogP) is 1.23. The number of ether oxygens (including phenoxy) is 1. The van der Waals surface area contributed by atoms with Crippen LogP contribution in [0.15, 0.2) is 12.2 Å². The molecule has 0 spiro atoms. The second-order valence-electron chi connectivity index (χ2n) is 3.51. The molecule has 66 valence electrons. The summed E-state index contributed by atoms with van der Waals surface area (Å²) in [6, 6.07) is 0. The molecule has 0 heterocycles. The molecule has 0 unspecified atom stereocenters. The van der Waals surface area contributed by atoms with Crippen LogP contribution in [0.1, 0.15) is 26.7 Å². The van der Waals surface area contributed by atoms with Gasteiger partial charge in [-0.3, -0.25) is 4.79 Å². The minimum Gasteiger partial charge on any atom is -0.455 e. The maximum Gasteiger partial charge on any atom is 0.333 e. The van der Waals surface area contributed by atoms with Gasteiger partial charge in [0, 0.05) is 18.4 Å². The third kappa shape index (κ3) is 1.72. The van der Waals surface area contributed by atoms with E-state index < -0.39 is 11.6 Å². The van der Waals surface area contributed by atoms with Crippen molar-refractivity contribution in [2.75, 3.05) is 0 Å². The molecule has 0 aliphatic heterocycles. The summed E-state index contributed by atoms with van der Waals surface area (Å²) >= 11 is 0. The summed E-state index contributed by atoms with van der Waals surface area (Å²) in [5, 5.41) is 0. The zero-order chi connectivity index (χ0) is 9.35. The number of esters is 1. The topological polar surface area (TPSA) is 43.4 Å². The van der Waals surface area contributed by atoms with E-state index in [0.29, 0.717) is 18.4 Å². The summed E-state index contributed by atoms with van der Waals surface area (Å²) in [7, 11) is 0. The van der Waals surface area contributed by atoms with Crippen molar-refractivity contribution in [3.8, 4) is 0 Å². The van der Waals surface area contributed by atoms with E-state index >= 15 is 0 Å². The van der Waals surface area contributed by atoms with E-state index in [0.717, 1.165) is 0 Å². The minimum absolute atomic E-state index is 0.145. The van der Waals surface area contributed by atoms with Crippen molar-refractivity contribution in [3.05, 3.63) is 12.2 Å². The molecule has 0 amide bonds. The molecule has 3 nitrogen and oxygen atoms in total. The molecule has 0 saturated heterocycles. The van der Waals surface area contributed by atoms with E-state index in [1.54, 1.807) is 13.8 Å². The van der Waals surface area contributed by atoms with Gasteiger partial charge in [-0.15, -0.1) is 0 Å². The summed E-state index contributed by atoms with van der Waals surface area (Å²) < 4.78 is 5.05. The fourth-order valence-corrected chi connectivity index (χ4v) is 1.17. The molecular formula is C9H12O3. The highest BCUT2D eigenvalue weighted by molar-refractivity contribution is 5.91. The third-order valence-electron chi connectivity index (χ3n) is 1.83. The molecule has 0 aromatic heterocycles. The standard InChI is InChI=1S/C9H12O3/c1-6(2)8(11)12-9(3)4-7(10)5-9/h1,4-5H2,2-3H3. The van der Waals surface area contributed by atoms with Gasteiger partial charge in [-0.05, 0) is 13.8 Å². The van der Waals surface area contributed by atoms with Crippen LogP contribution in [0.3, 0.4) is 0 Å². The molecular weight excluding hydrogens is 156 g/mol. The van der Waals surface area contributed by atoms with Crippen LogP contribution in [-0.2, 0) is 14.3 Å². The Morgan fingerprint density at radius 3 is 2.42 bits per heavy atom. The van der Waals surface area contributed by atoms with Crippen molar-refractivity contribution in [2.45, 2.75) is 32.3 Å². The van der Waals surface area contributed by atoms with Crippen LogP contribution in [0.4, 0.5) is 0 Å². The van der Waals surface area contributed by atoms with E-state index in [4.69, 9.17) is 4.74 Å². The van der Waals surface area contributed by atoms with Crippen molar-refractivity contribution in [2.24, 2.45) is 0 Å². The normalized spacial score (nSPS) is 19.7. The quantitative estimate of drug-likeness (QED) is 0.460.